The molecule has 0 fully saturated rings. The second-order valence-electron chi connectivity index (χ2n) is 4.94. The maximum atomic E-state index is 12.0. The summed E-state index contributed by atoms with van der Waals surface area (Å²) in [5, 5.41) is 0. The van der Waals surface area contributed by atoms with E-state index < -0.39 is 0 Å². The summed E-state index contributed by atoms with van der Waals surface area (Å²) in [5.41, 5.74) is 6.93. The Labute approximate surface area is 109 Å². The van der Waals surface area contributed by atoms with Crippen LogP contribution in [0.25, 0.3) is 0 Å². The summed E-state index contributed by atoms with van der Waals surface area (Å²) in [7, 11) is 0. The molecule has 0 saturated carbocycles. The first kappa shape index (κ1) is 12.6. The average molecular weight is 298 g/mol. The number of carbonyl (C=O) groups is 1. The zero-order valence-electron chi connectivity index (χ0n) is 10.0. The Bertz CT molecular complexity index is 469. The van der Waals surface area contributed by atoms with Crippen molar-refractivity contribution in [2.75, 3.05) is 6.54 Å². The summed E-state index contributed by atoms with van der Waals surface area (Å²) in [4.78, 5) is 12.0. The fraction of sp³-hybridized carbons (Fsp3) is 0.462. The number of benzene rings is 1. The lowest BCUT2D eigenvalue weighted by atomic mass is 9.99. The number of carbonyl (C=O) groups excluding carboxylic acids is 1. The predicted octanol–water partition coefficient (Wildman–Crippen LogP) is 2.69. The Morgan fingerprint density at radius 1 is 1.53 bits per heavy atom. The topological polar surface area (TPSA) is 52.3 Å². The monoisotopic (exact) mass is 297 g/mol. The third-order valence-electron chi connectivity index (χ3n) is 2.80. The van der Waals surface area contributed by atoms with Crippen molar-refractivity contribution in [2.24, 2.45) is 5.73 Å². The van der Waals surface area contributed by atoms with Gasteiger partial charge < -0.3 is 10.5 Å². The normalized spacial score (nSPS) is 16.5. The molecule has 0 spiro atoms. The van der Waals surface area contributed by atoms with Crippen LogP contribution in [0.5, 0.6) is 5.75 Å². The van der Waals surface area contributed by atoms with E-state index in [9.17, 15) is 4.79 Å². The maximum Gasteiger partial charge on any atom is 0.167 e. The molecular formula is C13H16BrNO2. The van der Waals surface area contributed by atoms with E-state index in [0.29, 0.717) is 18.5 Å². The quantitative estimate of drug-likeness (QED) is 0.873. The van der Waals surface area contributed by atoms with Gasteiger partial charge in [-0.2, -0.15) is 0 Å². The van der Waals surface area contributed by atoms with Crippen molar-refractivity contribution in [3.8, 4) is 5.75 Å². The smallest absolute Gasteiger partial charge is 0.167 e. The van der Waals surface area contributed by atoms with Gasteiger partial charge in [-0.05, 0) is 38.1 Å². The molecule has 0 bridgehead atoms. The number of Topliss-reactive ketones (excluding diaryl/α,β-unsaturated/α-hetero) is 1. The number of hydrogen-bond acceptors (Lipinski definition) is 3. The van der Waals surface area contributed by atoms with Crippen LogP contribution in [0, 0.1) is 0 Å². The van der Waals surface area contributed by atoms with Gasteiger partial charge in [0.15, 0.2) is 5.78 Å². The molecule has 17 heavy (non-hydrogen) atoms. The Morgan fingerprint density at radius 2 is 2.24 bits per heavy atom. The lowest BCUT2D eigenvalue weighted by Gasteiger charge is -2.18. The Hall–Kier alpha value is -0.870. The molecule has 0 aromatic heterocycles. The third-order valence-corrected chi connectivity index (χ3v) is 3.25. The minimum Gasteiger partial charge on any atom is -0.486 e. The molecule has 92 valence electrons. The van der Waals surface area contributed by atoms with Gasteiger partial charge in [0.2, 0.25) is 0 Å². The molecule has 1 heterocycles. The van der Waals surface area contributed by atoms with Gasteiger partial charge in [-0.15, -0.1) is 0 Å². The average Bonchev–Trinajstić information content (AvgIpc) is 2.51. The Balaban J connectivity index is 2.45. The largest absolute Gasteiger partial charge is 0.486 e. The van der Waals surface area contributed by atoms with E-state index in [4.69, 9.17) is 10.5 Å². The van der Waals surface area contributed by atoms with Crippen LogP contribution >= 0.6 is 15.9 Å². The Kier molecular flexibility index (Phi) is 3.27. The van der Waals surface area contributed by atoms with Gasteiger partial charge in [0.1, 0.15) is 11.4 Å². The van der Waals surface area contributed by atoms with E-state index in [0.717, 1.165) is 22.2 Å². The zero-order valence-corrected chi connectivity index (χ0v) is 11.6. The fourth-order valence-electron chi connectivity index (χ4n) is 2.15. The highest BCUT2D eigenvalue weighted by atomic mass is 79.9. The van der Waals surface area contributed by atoms with Gasteiger partial charge in [-0.1, -0.05) is 15.9 Å². The third kappa shape index (κ3) is 2.53. The van der Waals surface area contributed by atoms with Crippen molar-refractivity contribution in [3.63, 3.8) is 0 Å². The summed E-state index contributed by atoms with van der Waals surface area (Å²) >= 11 is 3.43. The molecular weight excluding hydrogens is 282 g/mol. The van der Waals surface area contributed by atoms with Crippen LogP contribution in [-0.4, -0.2) is 17.9 Å². The molecule has 0 aliphatic carbocycles. The molecule has 2 rings (SSSR count). The first-order chi connectivity index (χ1) is 7.93. The van der Waals surface area contributed by atoms with E-state index in [2.05, 4.69) is 15.9 Å². The molecule has 3 nitrogen and oxygen atoms in total. The van der Waals surface area contributed by atoms with E-state index in [1.807, 2.05) is 26.0 Å². The summed E-state index contributed by atoms with van der Waals surface area (Å²) in [6.07, 6.45) is 1.18. The number of halogens is 1. The molecule has 4 heteroatoms. The van der Waals surface area contributed by atoms with Gasteiger partial charge in [0.05, 0.1) is 5.56 Å². The summed E-state index contributed by atoms with van der Waals surface area (Å²) in [6.45, 7) is 4.42. The highest BCUT2D eigenvalue weighted by Crippen LogP contribution is 2.40. The second-order valence-corrected chi connectivity index (χ2v) is 5.86. The number of rotatable bonds is 3. The summed E-state index contributed by atoms with van der Waals surface area (Å²) in [6, 6.07) is 3.83. The van der Waals surface area contributed by atoms with Crippen molar-refractivity contribution in [3.05, 3.63) is 27.7 Å². The fourth-order valence-corrected chi connectivity index (χ4v) is 2.65. The van der Waals surface area contributed by atoms with Crippen molar-refractivity contribution in [1.29, 1.82) is 0 Å². The van der Waals surface area contributed by atoms with Crippen LogP contribution in [0.2, 0.25) is 0 Å². The lowest BCUT2D eigenvalue weighted by molar-refractivity contribution is 0.0971. The minimum absolute atomic E-state index is 0.0442. The molecule has 0 amide bonds. The first-order valence-electron chi connectivity index (χ1n) is 5.67. The molecule has 0 radical (unpaired) electrons. The number of fused-ring (bicyclic) bond motifs is 1. The van der Waals surface area contributed by atoms with Crippen LogP contribution in [0.15, 0.2) is 16.6 Å². The highest BCUT2D eigenvalue weighted by molar-refractivity contribution is 9.10. The van der Waals surface area contributed by atoms with Crippen molar-refractivity contribution in [1.82, 2.24) is 0 Å². The van der Waals surface area contributed by atoms with Crippen LogP contribution in [-0.2, 0) is 6.42 Å². The number of ether oxygens (including phenoxy) is 1. The molecule has 1 aliphatic heterocycles. The number of nitrogens with two attached hydrogens (primary N) is 1. The molecule has 1 aromatic carbocycles. The molecule has 1 aromatic rings. The molecule has 0 unspecified atom stereocenters. The van der Waals surface area contributed by atoms with Crippen molar-refractivity contribution < 1.29 is 9.53 Å². The van der Waals surface area contributed by atoms with Crippen LogP contribution in [0.3, 0.4) is 0 Å². The SMILES string of the molecule is CC1(C)Cc2cc(Br)cc(C(=O)CCN)c2O1. The van der Waals surface area contributed by atoms with E-state index in [-0.39, 0.29) is 11.4 Å². The van der Waals surface area contributed by atoms with Crippen LogP contribution < -0.4 is 10.5 Å². The molecule has 0 saturated heterocycles. The maximum absolute atomic E-state index is 12.0. The summed E-state index contributed by atoms with van der Waals surface area (Å²) < 4.78 is 6.78. The van der Waals surface area contributed by atoms with Gasteiger partial charge in [0, 0.05) is 17.3 Å². The molecule has 1 aliphatic rings. The van der Waals surface area contributed by atoms with Gasteiger partial charge >= 0.3 is 0 Å². The zero-order chi connectivity index (χ0) is 12.6. The van der Waals surface area contributed by atoms with Crippen LogP contribution in [0.1, 0.15) is 36.2 Å². The lowest BCUT2D eigenvalue weighted by Crippen LogP contribution is -2.25. The van der Waals surface area contributed by atoms with Gasteiger partial charge in [0.25, 0.3) is 0 Å². The van der Waals surface area contributed by atoms with E-state index in [1.165, 1.54) is 0 Å². The van der Waals surface area contributed by atoms with Crippen LogP contribution in [0.4, 0.5) is 0 Å². The standard InChI is InChI=1S/C13H16BrNO2/c1-13(2)7-8-5-9(14)6-10(12(8)17-13)11(16)3-4-15/h5-6H,3-4,7,15H2,1-2H3. The van der Waals surface area contributed by atoms with E-state index >= 15 is 0 Å². The number of ketones is 1. The first-order valence-corrected chi connectivity index (χ1v) is 6.47. The van der Waals surface area contributed by atoms with Crippen molar-refractivity contribution in [2.45, 2.75) is 32.3 Å². The minimum atomic E-state index is -0.235. The highest BCUT2D eigenvalue weighted by Gasteiger charge is 2.33. The van der Waals surface area contributed by atoms with E-state index in [1.54, 1.807) is 0 Å². The Morgan fingerprint density at radius 3 is 2.88 bits per heavy atom. The van der Waals surface area contributed by atoms with Gasteiger partial charge in [-0.3, -0.25) is 4.79 Å². The number of hydrogen-bond donors (Lipinski definition) is 1. The van der Waals surface area contributed by atoms with Crippen molar-refractivity contribution >= 4 is 21.7 Å². The second kappa shape index (κ2) is 4.42. The molecule has 2 N–H and O–H groups in total. The van der Waals surface area contributed by atoms with Gasteiger partial charge in [-0.25, -0.2) is 0 Å². The molecule has 0 atom stereocenters. The summed E-state index contributed by atoms with van der Waals surface area (Å²) in [5.74, 6) is 0.777. The predicted molar refractivity (Wildman–Crippen MR) is 70.6 cm³/mol.